The van der Waals surface area contributed by atoms with Gasteiger partial charge in [-0.3, -0.25) is 4.98 Å². The van der Waals surface area contributed by atoms with E-state index in [0.29, 0.717) is 23.3 Å². The molecule has 1 N–H and O–H groups in total. The zero-order chi connectivity index (χ0) is 14.7. The van der Waals surface area contributed by atoms with E-state index in [0.717, 1.165) is 5.56 Å². The second-order valence-electron chi connectivity index (χ2n) is 4.44. The molecule has 0 radical (unpaired) electrons. The lowest BCUT2D eigenvalue weighted by molar-refractivity contribution is 0.387. The number of hydrogen-bond acceptors (Lipinski definition) is 5. The van der Waals surface area contributed by atoms with E-state index in [9.17, 15) is 4.39 Å². The molecule has 0 fully saturated rings. The van der Waals surface area contributed by atoms with Gasteiger partial charge in [0.2, 0.25) is 0 Å². The maximum Gasteiger partial charge on any atom is 0.167 e. The first kappa shape index (κ1) is 13.2. The minimum Gasteiger partial charge on any atom is -0.494 e. The van der Waals surface area contributed by atoms with Crippen LogP contribution < -0.4 is 10.1 Å². The molecular weight excluding hydrogens is 271 g/mol. The van der Waals surface area contributed by atoms with Crippen molar-refractivity contribution in [3.05, 3.63) is 54.4 Å². The Kier molecular flexibility index (Phi) is 3.59. The summed E-state index contributed by atoms with van der Waals surface area (Å²) in [5, 5.41) is 3.93. The van der Waals surface area contributed by atoms with Crippen LogP contribution in [0, 0.1) is 5.82 Å². The fraction of sp³-hybridized carbons (Fsp3) is 0.133. The van der Waals surface area contributed by atoms with Crippen molar-refractivity contribution in [2.75, 3.05) is 12.4 Å². The van der Waals surface area contributed by atoms with Crippen LogP contribution >= 0.6 is 0 Å². The van der Waals surface area contributed by atoms with Gasteiger partial charge in [-0.15, -0.1) is 0 Å². The average Bonchev–Trinajstić information content (AvgIpc) is 2.53. The van der Waals surface area contributed by atoms with E-state index in [2.05, 4.69) is 20.3 Å². The molecule has 1 aromatic carbocycles. The smallest absolute Gasteiger partial charge is 0.167 e. The third kappa shape index (κ3) is 2.74. The van der Waals surface area contributed by atoms with Crippen molar-refractivity contribution in [3.8, 4) is 5.75 Å². The number of ether oxygens (including phenoxy) is 1. The number of fused-ring (bicyclic) bond motifs is 1. The van der Waals surface area contributed by atoms with Crippen molar-refractivity contribution in [1.29, 1.82) is 0 Å². The monoisotopic (exact) mass is 284 g/mol. The number of benzene rings is 1. The summed E-state index contributed by atoms with van der Waals surface area (Å²) in [5.41, 5.74) is 1.60. The van der Waals surface area contributed by atoms with Gasteiger partial charge in [0.15, 0.2) is 11.6 Å². The summed E-state index contributed by atoms with van der Waals surface area (Å²) in [5.74, 6) is 0.364. The van der Waals surface area contributed by atoms with Crippen LogP contribution in [0.1, 0.15) is 5.56 Å². The number of nitrogens with zero attached hydrogens (tertiary/aromatic N) is 3. The molecule has 0 bridgehead atoms. The standard InChI is InChI=1S/C15H13FN4O/c1-21-14-6-11-13(7-12(14)16)19-9-20-15(11)18-8-10-2-4-17-5-3-10/h2-7,9H,8H2,1H3,(H,18,19,20). The normalized spacial score (nSPS) is 10.6. The molecule has 0 saturated heterocycles. The maximum atomic E-state index is 13.7. The topological polar surface area (TPSA) is 59.9 Å². The van der Waals surface area contributed by atoms with Crippen LogP contribution in [-0.4, -0.2) is 22.1 Å². The summed E-state index contributed by atoms with van der Waals surface area (Å²) in [4.78, 5) is 12.3. The Bertz CT molecular complexity index is 764. The van der Waals surface area contributed by atoms with Gasteiger partial charge in [0.1, 0.15) is 12.1 Å². The van der Waals surface area contributed by atoms with E-state index in [-0.39, 0.29) is 5.75 Å². The number of nitrogens with one attached hydrogen (secondary N) is 1. The zero-order valence-electron chi connectivity index (χ0n) is 11.4. The second-order valence-corrected chi connectivity index (χ2v) is 4.44. The Hall–Kier alpha value is -2.76. The molecule has 0 aliphatic heterocycles. The lowest BCUT2D eigenvalue weighted by Crippen LogP contribution is -2.03. The summed E-state index contributed by atoms with van der Waals surface area (Å²) >= 11 is 0. The van der Waals surface area contributed by atoms with Gasteiger partial charge in [0.05, 0.1) is 12.6 Å². The van der Waals surface area contributed by atoms with E-state index in [1.807, 2.05) is 12.1 Å². The summed E-state index contributed by atoms with van der Waals surface area (Å²) in [7, 11) is 1.43. The predicted molar refractivity (Wildman–Crippen MR) is 77.6 cm³/mol. The molecule has 0 saturated carbocycles. The van der Waals surface area contributed by atoms with Crippen LogP contribution in [-0.2, 0) is 6.54 Å². The van der Waals surface area contributed by atoms with Crippen LogP contribution in [0.3, 0.4) is 0 Å². The Labute approximate surface area is 120 Å². The van der Waals surface area contributed by atoms with Crippen molar-refractivity contribution >= 4 is 16.7 Å². The maximum absolute atomic E-state index is 13.7. The number of anilines is 1. The third-order valence-electron chi connectivity index (χ3n) is 3.12. The second kappa shape index (κ2) is 5.70. The lowest BCUT2D eigenvalue weighted by atomic mass is 10.2. The van der Waals surface area contributed by atoms with Crippen molar-refractivity contribution in [3.63, 3.8) is 0 Å². The number of halogens is 1. The SMILES string of the molecule is COc1cc2c(NCc3ccncc3)ncnc2cc1F. The van der Waals surface area contributed by atoms with Gasteiger partial charge < -0.3 is 10.1 Å². The first-order valence-electron chi connectivity index (χ1n) is 6.39. The molecule has 6 heteroatoms. The van der Waals surface area contributed by atoms with Gasteiger partial charge in [-0.25, -0.2) is 14.4 Å². The van der Waals surface area contributed by atoms with Gasteiger partial charge in [-0.2, -0.15) is 0 Å². The van der Waals surface area contributed by atoms with Gasteiger partial charge >= 0.3 is 0 Å². The molecule has 0 unspecified atom stereocenters. The molecule has 0 atom stereocenters. The summed E-state index contributed by atoms with van der Waals surface area (Å²) < 4.78 is 18.7. The zero-order valence-corrected chi connectivity index (χ0v) is 11.4. The predicted octanol–water partition coefficient (Wildman–Crippen LogP) is 2.78. The van der Waals surface area contributed by atoms with Crippen LogP contribution in [0.25, 0.3) is 10.9 Å². The van der Waals surface area contributed by atoms with Gasteiger partial charge in [0, 0.05) is 30.4 Å². The number of rotatable bonds is 4. The van der Waals surface area contributed by atoms with Crippen LogP contribution in [0.4, 0.5) is 10.2 Å². The fourth-order valence-electron chi connectivity index (χ4n) is 2.04. The first-order chi connectivity index (χ1) is 10.3. The highest BCUT2D eigenvalue weighted by Gasteiger charge is 2.09. The minimum atomic E-state index is -0.441. The molecule has 3 aromatic rings. The van der Waals surface area contributed by atoms with Crippen molar-refractivity contribution in [1.82, 2.24) is 15.0 Å². The number of methoxy groups -OCH3 is 1. The van der Waals surface area contributed by atoms with E-state index in [1.54, 1.807) is 18.5 Å². The molecule has 0 aliphatic rings. The molecule has 5 nitrogen and oxygen atoms in total. The summed E-state index contributed by atoms with van der Waals surface area (Å²) in [6, 6.07) is 6.76. The number of hydrogen-bond donors (Lipinski definition) is 1. The van der Waals surface area contributed by atoms with E-state index >= 15 is 0 Å². The van der Waals surface area contributed by atoms with E-state index in [1.165, 1.54) is 19.5 Å². The Balaban J connectivity index is 1.94. The lowest BCUT2D eigenvalue weighted by Gasteiger charge is -2.10. The Morgan fingerprint density at radius 1 is 1.19 bits per heavy atom. The van der Waals surface area contributed by atoms with E-state index < -0.39 is 5.82 Å². The Morgan fingerprint density at radius 2 is 2.00 bits per heavy atom. The third-order valence-corrected chi connectivity index (χ3v) is 3.12. The molecule has 2 heterocycles. The highest BCUT2D eigenvalue weighted by molar-refractivity contribution is 5.90. The molecule has 0 amide bonds. The number of pyridine rings is 1. The Morgan fingerprint density at radius 3 is 2.76 bits per heavy atom. The van der Waals surface area contributed by atoms with Gasteiger partial charge in [0.25, 0.3) is 0 Å². The van der Waals surface area contributed by atoms with Crippen LogP contribution in [0.2, 0.25) is 0 Å². The number of aromatic nitrogens is 3. The molecule has 21 heavy (non-hydrogen) atoms. The molecule has 0 aliphatic carbocycles. The summed E-state index contributed by atoms with van der Waals surface area (Å²) in [6.45, 7) is 0.592. The summed E-state index contributed by atoms with van der Waals surface area (Å²) in [6.07, 6.45) is 4.87. The first-order valence-corrected chi connectivity index (χ1v) is 6.39. The van der Waals surface area contributed by atoms with Crippen LogP contribution in [0.15, 0.2) is 43.0 Å². The highest BCUT2D eigenvalue weighted by atomic mass is 19.1. The molecule has 0 spiro atoms. The molecular formula is C15H13FN4O. The molecule has 2 aromatic heterocycles. The molecule has 106 valence electrons. The minimum absolute atomic E-state index is 0.171. The fourth-order valence-corrected chi connectivity index (χ4v) is 2.04. The molecule has 3 rings (SSSR count). The quantitative estimate of drug-likeness (QED) is 0.798. The van der Waals surface area contributed by atoms with Crippen molar-refractivity contribution < 1.29 is 9.13 Å². The van der Waals surface area contributed by atoms with E-state index in [4.69, 9.17) is 4.74 Å². The van der Waals surface area contributed by atoms with Crippen LogP contribution in [0.5, 0.6) is 5.75 Å². The highest BCUT2D eigenvalue weighted by Crippen LogP contribution is 2.27. The van der Waals surface area contributed by atoms with Crippen molar-refractivity contribution in [2.24, 2.45) is 0 Å². The van der Waals surface area contributed by atoms with Gasteiger partial charge in [-0.05, 0) is 23.8 Å². The largest absolute Gasteiger partial charge is 0.494 e. The van der Waals surface area contributed by atoms with Crippen molar-refractivity contribution in [2.45, 2.75) is 6.54 Å². The van der Waals surface area contributed by atoms with Gasteiger partial charge in [-0.1, -0.05) is 0 Å². The average molecular weight is 284 g/mol.